The van der Waals surface area contributed by atoms with Crippen LogP contribution in [0.4, 0.5) is 6.01 Å². The largest absolute Gasteiger partial charge is 0.407 e. The van der Waals surface area contributed by atoms with Gasteiger partial charge in [0.05, 0.1) is 6.54 Å². The highest BCUT2D eigenvalue weighted by molar-refractivity contribution is 9.10. The molecule has 20 heavy (non-hydrogen) atoms. The summed E-state index contributed by atoms with van der Waals surface area (Å²) in [7, 11) is 1.94. The van der Waals surface area contributed by atoms with E-state index in [2.05, 4.69) is 44.4 Å². The summed E-state index contributed by atoms with van der Waals surface area (Å²) < 4.78 is 6.71. The Bertz CT molecular complexity index is 543. The highest BCUT2D eigenvalue weighted by Gasteiger charge is 2.12. The predicted octanol–water partition coefficient (Wildman–Crippen LogP) is 2.97. The van der Waals surface area contributed by atoms with Crippen LogP contribution in [-0.2, 0) is 13.1 Å². The summed E-state index contributed by atoms with van der Waals surface area (Å²) in [6, 6.07) is 8.64. The summed E-state index contributed by atoms with van der Waals surface area (Å²) in [6.07, 6.45) is 1.09. The second-order valence-corrected chi connectivity index (χ2v) is 5.46. The zero-order chi connectivity index (χ0) is 14.4. The monoisotopic (exact) mass is 338 g/mol. The molecule has 1 aromatic heterocycles. The lowest BCUT2D eigenvalue weighted by atomic mass is 10.2. The topological polar surface area (TPSA) is 54.2 Å². The SMILES string of the molecule is CCCNCc1nnc(N(C)Cc2ccccc2Br)o1. The number of anilines is 1. The molecule has 0 radical (unpaired) electrons. The van der Waals surface area contributed by atoms with Crippen molar-refractivity contribution in [2.45, 2.75) is 26.4 Å². The van der Waals surface area contributed by atoms with Crippen molar-refractivity contribution in [2.75, 3.05) is 18.5 Å². The lowest BCUT2D eigenvalue weighted by Gasteiger charge is -2.14. The minimum Gasteiger partial charge on any atom is -0.407 e. The third kappa shape index (κ3) is 4.05. The van der Waals surface area contributed by atoms with Crippen molar-refractivity contribution >= 4 is 21.9 Å². The number of nitrogens with one attached hydrogen (secondary N) is 1. The standard InChI is InChI=1S/C14H19BrN4O/c1-3-8-16-9-13-17-18-14(20-13)19(2)10-11-6-4-5-7-12(11)15/h4-7,16H,3,8-10H2,1-2H3. The number of rotatable bonds is 7. The average Bonchev–Trinajstić information content (AvgIpc) is 2.91. The number of halogens is 1. The van der Waals surface area contributed by atoms with Crippen LogP contribution in [0.2, 0.25) is 0 Å². The van der Waals surface area contributed by atoms with Crippen molar-refractivity contribution in [3.05, 3.63) is 40.2 Å². The molecule has 2 rings (SSSR count). The molecule has 0 aliphatic heterocycles. The van der Waals surface area contributed by atoms with Gasteiger partial charge in [0.2, 0.25) is 5.89 Å². The molecule has 0 bridgehead atoms. The summed E-state index contributed by atoms with van der Waals surface area (Å²) in [5, 5.41) is 11.4. The predicted molar refractivity (Wildman–Crippen MR) is 82.5 cm³/mol. The zero-order valence-corrected chi connectivity index (χ0v) is 13.4. The molecule has 5 nitrogen and oxygen atoms in total. The summed E-state index contributed by atoms with van der Waals surface area (Å²) in [5.74, 6) is 0.618. The molecule has 0 atom stereocenters. The molecule has 0 amide bonds. The molecule has 0 unspecified atom stereocenters. The van der Waals surface area contributed by atoms with Gasteiger partial charge >= 0.3 is 6.01 Å². The molecule has 2 aromatic rings. The lowest BCUT2D eigenvalue weighted by molar-refractivity contribution is 0.465. The van der Waals surface area contributed by atoms with Gasteiger partial charge in [-0.05, 0) is 24.6 Å². The fourth-order valence-electron chi connectivity index (χ4n) is 1.79. The molecule has 1 N–H and O–H groups in total. The number of benzene rings is 1. The molecule has 0 fully saturated rings. The first-order chi connectivity index (χ1) is 9.70. The number of nitrogens with zero attached hydrogens (tertiary/aromatic N) is 3. The maximum absolute atomic E-state index is 5.63. The first-order valence-corrected chi connectivity index (χ1v) is 7.47. The van der Waals surface area contributed by atoms with Crippen LogP contribution in [-0.4, -0.2) is 23.8 Å². The smallest absolute Gasteiger partial charge is 0.318 e. The van der Waals surface area contributed by atoms with Gasteiger partial charge in [0, 0.05) is 18.1 Å². The van der Waals surface area contributed by atoms with Gasteiger partial charge in [-0.3, -0.25) is 0 Å². The molecule has 6 heteroatoms. The number of aromatic nitrogens is 2. The Kier molecular flexibility index (Phi) is 5.55. The quantitative estimate of drug-likeness (QED) is 0.786. The van der Waals surface area contributed by atoms with Gasteiger partial charge in [-0.25, -0.2) is 0 Å². The highest BCUT2D eigenvalue weighted by atomic mass is 79.9. The van der Waals surface area contributed by atoms with Crippen molar-refractivity contribution in [1.29, 1.82) is 0 Å². The minimum absolute atomic E-state index is 0.536. The molecule has 1 heterocycles. The van der Waals surface area contributed by atoms with Gasteiger partial charge in [0.1, 0.15) is 0 Å². The molecular weight excluding hydrogens is 320 g/mol. The molecule has 108 valence electrons. The Morgan fingerprint density at radius 1 is 1.30 bits per heavy atom. The average molecular weight is 339 g/mol. The van der Waals surface area contributed by atoms with Crippen LogP contribution < -0.4 is 10.2 Å². The van der Waals surface area contributed by atoms with E-state index in [4.69, 9.17) is 4.42 Å². The maximum Gasteiger partial charge on any atom is 0.318 e. The molecule has 0 spiro atoms. The Balaban J connectivity index is 1.96. The van der Waals surface area contributed by atoms with Crippen LogP contribution in [0.5, 0.6) is 0 Å². The summed E-state index contributed by atoms with van der Waals surface area (Å²) in [4.78, 5) is 1.94. The van der Waals surface area contributed by atoms with Crippen LogP contribution in [0, 0.1) is 0 Å². The van der Waals surface area contributed by atoms with Gasteiger partial charge in [-0.15, -0.1) is 5.10 Å². The Morgan fingerprint density at radius 3 is 2.85 bits per heavy atom. The summed E-state index contributed by atoms with van der Waals surface area (Å²) >= 11 is 3.54. The Morgan fingerprint density at radius 2 is 2.10 bits per heavy atom. The van der Waals surface area contributed by atoms with Gasteiger partial charge < -0.3 is 14.6 Å². The van der Waals surface area contributed by atoms with E-state index in [1.165, 1.54) is 5.56 Å². The Labute approximate surface area is 127 Å². The van der Waals surface area contributed by atoms with Gasteiger partial charge in [-0.1, -0.05) is 46.2 Å². The Hall–Kier alpha value is -1.40. The molecule has 0 saturated carbocycles. The lowest BCUT2D eigenvalue weighted by Crippen LogP contribution is -2.17. The van der Waals surface area contributed by atoms with E-state index in [1.807, 2.05) is 30.1 Å². The molecular formula is C14H19BrN4O. The third-order valence-electron chi connectivity index (χ3n) is 2.85. The second kappa shape index (κ2) is 7.40. The van der Waals surface area contributed by atoms with Crippen molar-refractivity contribution in [1.82, 2.24) is 15.5 Å². The van der Waals surface area contributed by atoms with E-state index in [0.29, 0.717) is 25.0 Å². The van der Waals surface area contributed by atoms with Crippen molar-refractivity contribution in [2.24, 2.45) is 0 Å². The fourth-order valence-corrected chi connectivity index (χ4v) is 2.20. The number of hydrogen-bond acceptors (Lipinski definition) is 5. The summed E-state index contributed by atoms with van der Waals surface area (Å²) in [5.41, 5.74) is 1.18. The van der Waals surface area contributed by atoms with E-state index in [0.717, 1.165) is 17.4 Å². The van der Waals surface area contributed by atoms with E-state index in [9.17, 15) is 0 Å². The zero-order valence-electron chi connectivity index (χ0n) is 11.8. The van der Waals surface area contributed by atoms with Gasteiger partial charge in [0.15, 0.2) is 0 Å². The van der Waals surface area contributed by atoms with Crippen LogP contribution in [0.3, 0.4) is 0 Å². The second-order valence-electron chi connectivity index (χ2n) is 4.60. The third-order valence-corrected chi connectivity index (χ3v) is 3.62. The van der Waals surface area contributed by atoms with Crippen LogP contribution in [0.25, 0.3) is 0 Å². The van der Waals surface area contributed by atoms with E-state index < -0.39 is 0 Å². The van der Waals surface area contributed by atoms with Gasteiger partial charge in [0.25, 0.3) is 0 Å². The minimum atomic E-state index is 0.536. The van der Waals surface area contributed by atoms with E-state index in [1.54, 1.807) is 0 Å². The van der Waals surface area contributed by atoms with Crippen LogP contribution in [0.15, 0.2) is 33.2 Å². The van der Waals surface area contributed by atoms with E-state index in [-0.39, 0.29) is 0 Å². The molecule has 0 aliphatic rings. The molecule has 1 aromatic carbocycles. The first-order valence-electron chi connectivity index (χ1n) is 6.68. The van der Waals surface area contributed by atoms with Gasteiger partial charge in [-0.2, -0.15) is 0 Å². The van der Waals surface area contributed by atoms with Crippen molar-refractivity contribution in [3.8, 4) is 0 Å². The normalized spacial score (nSPS) is 10.8. The van der Waals surface area contributed by atoms with Crippen LogP contribution in [0.1, 0.15) is 24.8 Å². The molecule has 0 saturated heterocycles. The van der Waals surface area contributed by atoms with Crippen molar-refractivity contribution < 1.29 is 4.42 Å². The maximum atomic E-state index is 5.63. The highest BCUT2D eigenvalue weighted by Crippen LogP contribution is 2.20. The van der Waals surface area contributed by atoms with E-state index >= 15 is 0 Å². The molecule has 0 aliphatic carbocycles. The number of hydrogen-bond donors (Lipinski definition) is 1. The first kappa shape index (κ1) is 15.0. The summed E-state index contributed by atoms with van der Waals surface area (Å²) in [6.45, 7) is 4.40. The van der Waals surface area contributed by atoms with Crippen molar-refractivity contribution in [3.63, 3.8) is 0 Å². The van der Waals surface area contributed by atoms with Crippen LogP contribution >= 0.6 is 15.9 Å². The fraction of sp³-hybridized carbons (Fsp3) is 0.429.